The second kappa shape index (κ2) is 4.49. The molecule has 1 aliphatic carbocycles. The molecule has 2 heterocycles. The minimum Gasteiger partial charge on any atom is -0.447 e. The molecule has 0 aromatic carbocycles. The predicted octanol–water partition coefficient (Wildman–Crippen LogP) is 3.28. The molecular weight excluding hydrogens is 260 g/mol. The van der Waals surface area contributed by atoms with E-state index < -0.39 is 5.54 Å². The Balaban J connectivity index is 1.79. The Kier molecular flexibility index (Phi) is 2.93. The number of hydrogen-bond donors (Lipinski definition) is 1. The lowest BCUT2D eigenvalue weighted by atomic mass is 10.0. The molecule has 1 N–H and O–H groups in total. The molecule has 3 rings (SSSR count). The Morgan fingerprint density at radius 3 is 2.95 bits per heavy atom. The lowest BCUT2D eigenvalue weighted by Gasteiger charge is -2.24. The minimum absolute atomic E-state index is 0.158. The van der Waals surface area contributed by atoms with Crippen molar-refractivity contribution in [2.75, 3.05) is 0 Å². The number of thiophene rings is 1. The highest BCUT2D eigenvalue weighted by atomic mass is 32.1. The number of oxazole rings is 1. The van der Waals surface area contributed by atoms with Gasteiger partial charge in [-0.05, 0) is 38.1 Å². The van der Waals surface area contributed by atoms with Crippen LogP contribution in [0.3, 0.4) is 0 Å². The van der Waals surface area contributed by atoms with Gasteiger partial charge in [0, 0.05) is 10.8 Å². The number of rotatable bonds is 4. The third-order valence-corrected chi connectivity index (χ3v) is 4.51. The Morgan fingerprint density at radius 1 is 1.53 bits per heavy atom. The third kappa shape index (κ3) is 2.42. The third-order valence-electron chi connectivity index (χ3n) is 3.32. The topological polar surface area (TPSA) is 55.1 Å². The van der Waals surface area contributed by atoms with Crippen molar-refractivity contribution in [2.45, 2.75) is 38.1 Å². The number of nitrogens with one attached hydrogen (secondary N) is 1. The van der Waals surface area contributed by atoms with E-state index in [4.69, 9.17) is 4.42 Å². The number of aromatic nitrogens is 1. The van der Waals surface area contributed by atoms with Crippen LogP contribution in [0.1, 0.15) is 53.7 Å². The Hall–Kier alpha value is -1.62. The van der Waals surface area contributed by atoms with Crippen LogP contribution >= 0.6 is 11.3 Å². The van der Waals surface area contributed by atoms with Gasteiger partial charge in [0.1, 0.15) is 5.76 Å². The highest BCUT2D eigenvalue weighted by Gasteiger charge is 2.34. The molecule has 1 fully saturated rings. The standard InChI is InChI=1S/C14H16N2O2S/c1-14(2,10-4-3-7-19-10)16-13(17)11-12(9-5-6-9)18-8-15-11/h3-4,7-9H,5-6H2,1-2H3,(H,16,17). The van der Waals surface area contributed by atoms with E-state index in [1.807, 2.05) is 31.4 Å². The van der Waals surface area contributed by atoms with Gasteiger partial charge < -0.3 is 9.73 Å². The zero-order valence-electron chi connectivity index (χ0n) is 11.0. The van der Waals surface area contributed by atoms with E-state index in [1.165, 1.54) is 6.39 Å². The van der Waals surface area contributed by atoms with Gasteiger partial charge in [-0.15, -0.1) is 11.3 Å². The summed E-state index contributed by atoms with van der Waals surface area (Å²) in [5.41, 5.74) is 0.0394. The molecule has 0 bridgehead atoms. The quantitative estimate of drug-likeness (QED) is 0.932. The van der Waals surface area contributed by atoms with E-state index in [0.29, 0.717) is 11.6 Å². The van der Waals surface area contributed by atoms with Crippen LogP contribution in [0.25, 0.3) is 0 Å². The lowest BCUT2D eigenvalue weighted by Crippen LogP contribution is -2.40. The molecule has 2 aromatic heterocycles. The minimum atomic E-state index is -0.398. The van der Waals surface area contributed by atoms with E-state index >= 15 is 0 Å². The molecule has 1 aliphatic rings. The zero-order valence-corrected chi connectivity index (χ0v) is 11.8. The molecule has 5 heteroatoms. The van der Waals surface area contributed by atoms with Gasteiger partial charge in [0.15, 0.2) is 12.1 Å². The average Bonchev–Trinajstić information content (AvgIpc) is 2.90. The highest BCUT2D eigenvalue weighted by molar-refractivity contribution is 7.10. The summed E-state index contributed by atoms with van der Waals surface area (Å²) in [7, 11) is 0. The SMILES string of the molecule is CC(C)(NC(=O)c1ncoc1C1CC1)c1cccs1. The molecule has 1 amide bonds. The number of carbonyl (C=O) groups excluding carboxylic acids is 1. The van der Waals surface area contributed by atoms with E-state index in [0.717, 1.165) is 23.5 Å². The van der Waals surface area contributed by atoms with Crippen LogP contribution in [-0.2, 0) is 5.54 Å². The molecule has 0 radical (unpaired) electrons. The molecule has 1 saturated carbocycles. The maximum absolute atomic E-state index is 12.3. The van der Waals surface area contributed by atoms with Crippen molar-refractivity contribution in [1.82, 2.24) is 10.3 Å². The van der Waals surface area contributed by atoms with Crippen LogP contribution in [0.5, 0.6) is 0 Å². The average molecular weight is 276 g/mol. The zero-order chi connectivity index (χ0) is 13.5. The van der Waals surface area contributed by atoms with Gasteiger partial charge in [0.05, 0.1) is 5.54 Å². The van der Waals surface area contributed by atoms with Crippen molar-refractivity contribution in [2.24, 2.45) is 0 Å². The first-order valence-electron chi connectivity index (χ1n) is 6.38. The number of hydrogen-bond acceptors (Lipinski definition) is 4. The monoisotopic (exact) mass is 276 g/mol. The largest absolute Gasteiger partial charge is 0.447 e. The molecule has 0 spiro atoms. The van der Waals surface area contributed by atoms with Crippen LogP contribution in [0, 0.1) is 0 Å². The summed E-state index contributed by atoms with van der Waals surface area (Å²) < 4.78 is 5.35. The van der Waals surface area contributed by atoms with Crippen molar-refractivity contribution < 1.29 is 9.21 Å². The molecule has 0 aliphatic heterocycles. The molecule has 0 unspecified atom stereocenters. The van der Waals surface area contributed by atoms with Crippen molar-refractivity contribution in [3.8, 4) is 0 Å². The van der Waals surface area contributed by atoms with E-state index in [2.05, 4.69) is 10.3 Å². The molecule has 0 saturated heterocycles. The first-order chi connectivity index (χ1) is 9.08. The second-order valence-electron chi connectivity index (χ2n) is 5.40. The normalized spacial score (nSPS) is 15.5. The molecule has 100 valence electrons. The van der Waals surface area contributed by atoms with E-state index in [-0.39, 0.29) is 5.91 Å². The Labute approximate surface area is 115 Å². The fourth-order valence-electron chi connectivity index (χ4n) is 2.10. The summed E-state index contributed by atoms with van der Waals surface area (Å²) in [6.45, 7) is 3.99. The molecule has 4 nitrogen and oxygen atoms in total. The van der Waals surface area contributed by atoms with Gasteiger partial charge in [-0.25, -0.2) is 4.98 Å². The molecule has 2 aromatic rings. The smallest absolute Gasteiger partial charge is 0.274 e. The lowest BCUT2D eigenvalue weighted by molar-refractivity contribution is 0.0907. The number of amides is 1. The second-order valence-corrected chi connectivity index (χ2v) is 6.34. The van der Waals surface area contributed by atoms with Gasteiger partial charge in [0.25, 0.3) is 5.91 Å². The molecule has 0 atom stereocenters. The van der Waals surface area contributed by atoms with Crippen molar-refractivity contribution in [3.05, 3.63) is 40.2 Å². The number of carbonyl (C=O) groups is 1. The summed E-state index contributed by atoms with van der Waals surface area (Å²) in [5, 5.41) is 5.04. The van der Waals surface area contributed by atoms with Crippen molar-refractivity contribution >= 4 is 17.2 Å². The van der Waals surface area contributed by atoms with Crippen molar-refractivity contribution in [3.63, 3.8) is 0 Å². The van der Waals surface area contributed by atoms with Crippen LogP contribution in [-0.4, -0.2) is 10.9 Å². The van der Waals surface area contributed by atoms with Crippen LogP contribution < -0.4 is 5.32 Å². The molecule has 19 heavy (non-hydrogen) atoms. The predicted molar refractivity (Wildman–Crippen MR) is 73.3 cm³/mol. The van der Waals surface area contributed by atoms with Gasteiger partial charge >= 0.3 is 0 Å². The van der Waals surface area contributed by atoms with Crippen LogP contribution in [0.15, 0.2) is 28.3 Å². The van der Waals surface area contributed by atoms with Crippen LogP contribution in [0.4, 0.5) is 0 Å². The Morgan fingerprint density at radius 2 is 2.32 bits per heavy atom. The number of nitrogens with zero attached hydrogens (tertiary/aromatic N) is 1. The highest BCUT2D eigenvalue weighted by Crippen LogP contribution is 2.41. The van der Waals surface area contributed by atoms with Gasteiger partial charge in [0.2, 0.25) is 0 Å². The molecular formula is C14H16N2O2S. The van der Waals surface area contributed by atoms with Crippen molar-refractivity contribution in [1.29, 1.82) is 0 Å². The summed E-state index contributed by atoms with van der Waals surface area (Å²) in [4.78, 5) is 17.5. The van der Waals surface area contributed by atoms with Gasteiger partial charge in [-0.2, -0.15) is 0 Å². The van der Waals surface area contributed by atoms with E-state index in [9.17, 15) is 4.79 Å². The fourth-order valence-corrected chi connectivity index (χ4v) is 2.91. The fraction of sp³-hybridized carbons (Fsp3) is 0.429. The first-order valence-corrected chi connectivity index (χ1v) is 7.26. The van der Waals surface area contributed by atoms with Gasteiger partial charge in [-0.3, -0.25) is 4.79 Å². The van der Waals surface area contributed by atoms with Gasteiger partial charge in [-0.1, -0.05) is 6.07 Å². The summed E-state index contributed by atoms with van der Waals surface area (Å²) in [6.07, 6.45) is 3.54. The first kappa shape index (κ1) is 12.4. The van der Waals surface area contributed by atoms with Crippen LogP contribution in [0.2, 0.25) is 0 Å². The summed E-state index contributed by atoms with van der Waals surface area (Å²) in [5.74, 6) is 0.960. The van der Waals surface area contributed by atoms with E-state index in [1.54, 1.807) is 11.3 Å². The maximum Gasteiger partial charge on any atom is 0.274 e. The summed E-state index contributed by atoms with van der Waals surface area (Å²) in [6, 6.07) is 4.01. The maximum atomic E-state index is 12.3. The Bertz CT molecular complexity index is 582. The summed E-state index contributed by atoms with van der Waals surface area (Å²) >= 11 is 1.63.